The van der Waals surface area contributed by atoms with E-state index >= 15 is 0 Å². The number of nitrogens with zero attached hydrogens (tertiary/aromatic N) is 1. The molecule has 9 nitrogen and oxygen atoms in total. The molecule has 0 aromatic rings. The van der Waals surface area contributed by atoms with E-state index in [1.807, 2.05) is 33.3 Å². The van der Waals surface area contributed by atoms with Crippen LogP contribution in [0.2, 0.25) is 0 Å². The number of likely N-dealkylation sites (N-methyl/N-ethyl adjacent to an activating group) is 1. The number of amides is 1. The fourth-order valence-electron chi connectivity index (χ4n) is 9.97. The van der Waals surface area contributed by atoms with E-state index in [1.165, 1.54) is 199 Å². The van der Waals surface area contributed by atoms with Crippen LogP contribution >= 0.6 is 7.82 Å². The third kappa shape index (κ3) is 62.0. The summed E-state index contributed by atoms with van der Waals surface area (Å²) in [4.78, 5) is 40.1. The van der Waals surface area contributed by atoms with Crippen LogP contribution in [0.1, 0.15) is 323 Å². The molecule has 0 fully saturated rings. The molecule has 0 aliphatic heterocycles. The van der Waals surface area contributed by atoms with Crippen molar-refractivity contribution >= 4 is 19.7 Å². The molecule has 0 heterocycles. The maximum atomic E-state index is 13.6. The van der Waals surface area contributed by atoms with E-state index in [1.54, 1.807) is 0 Å². The minimum atomic E-state index is -4.71. The Labute approximate surface area is 508 Å². The number of hydrogen-bond donors (Lipinski definition) is 1. The lowest BCUT2D eigenvalue weighted by molar-refractivity contribution is -0.870. The molecule has 0 bridgehead atoms. The molecule has 0 aromatic heterocycles. The Morgan fingerprint density at radius 3 is 1.13 bits per heavy atom. The van der Waals surface area contributed by atoms with Gasteiger partial charge in [0.2, 0.25) is 5.91 Å². The number of ether oxygens (including phenoxy) is 1. The van der Waals surface area contributed by atoms with Crippen molar-refractivity contribution in [3.8, 4) is 0 Å². The number of phosphoric ester groups is 1. The lowest BCUT2D eigenvalue weighted by Gasteiger charge is -2.30. The second-order valence-electron chi connectivity index (χ2n) is 24.7. The number of carbonyl (C=O) groups excluding carboxylic acids is 2. The van der Waals surface area contributed by atoms with Crippen LogP contribution in [0.15, 0.2) is 72.9 Å². The summed E-state index contributed by atoms with van der Waals surface area (Å²) in [6.45, 7) is 6.81. The molecular weight excluding hydrogens is 1040 g/mol. The van der Waals surface area contributed by atoms with Gasteiger partial charge in [-0.25, -0.2) is 0 Å². The number of quaternary nitrogens is 1. The van der Waals surface area contributed by atoms with Crippen molar-refractivity contribution in [2.24, 2.45) is 0 Å². The van der Waals surface area contributed by atoms with E-state index in [4.69, 9.17) is 13.8 Å². The molecule has 0 aliphatic carbocycles. The number of esters is 1. The maximum Gasteiger partial charge on any atom is 0.306 e. The van der Waals surface area contributed by atoms with Crippen molar-refractivity contribution in [3.63, 3.8) is 0 Å². The molecule has 0 saturated carbocycles. The summed E-state index contributed by atoms with van der Waals surface area (Å²) >= 11 is 0. The standard InChI is InChI=1S/C72H133N2O7P/c1-7-10-13-16-19-22-25-28-30-32-34-35-36-37-38-39-41-42-44-46-49-52-55-58-61-64-71(75)73-69(68-80-82(77,78)79-67-66-74(4,5)6)70(63-60-57-54-51-48-27-24-21-18-15-12-9-3)81-72(76)65-62-59-56-53-50-47-45-43-40-33-31-29-26-23-20-17-14-11-8-2/h19-20,22-23,28-31,40,43,60,63,69-70H,7-18,21,24-27,32-39,41-42,44-59,61-62,64-68H2,1-6H3,(H-,73,75,77,78)/b22-19-,23-20-,30-28-,31-29-,43-40-,63-60-. The monoisotopic (exact) mass is 1170 g/mol. The largest absolute Gasteiger partial charge is 0.756 e. The molecule has 0 saturated heterocycles. The molecule has 1 amide bonds. The summed E-state index contributed by atoms with van der Waals surface area (Å²) in [6, 6.07) is -0.896. The van der Waals surface area contributed by atoms with Gasteiger partial charge in [-0.05, 0) is 102 Å². The Morgan fingerprint density at radius 2 is 0.744 bits per heavy atom. The molecular formula is C72H133N2O7P. The first kappa shape index (κ1) is 79.5. The van der Waals surface area contributed by atoms with Crippen LogP contribution in [0.5, 0.6) is 0 Å². The summed E-state index contributed by atoms with van der Waals surface area (Å²) in [5, 5.41) is 3.04. The van der Waals surface area contributed by atoms with Gasteiger partial charge in [-0.2, -0.15) is 0 Å². The van der Waals surface area contributed by atoms with Crippen LogP contribution in [0.3, 0.4) is 0 Å². The zero-order valence-electron chi connectivity index (χ0n) is 54.7. The Bertz CT molecular complexity index is 1630. The van der Waals surface area contributed by atoms with Crippen LogP contribution < -0.4 is 10.2 Å². The molecule has 82 heavy (non-hydrogen) atoms. The van der Waals surface area contributed by atoms with E-state index in [0.29, 0.717) is 23.9 Å². The summed E-state index contributed by atoms with van der Waals surface area (Å²) < 4.78 is 30.4. The van der Waals surface area contributed by atoms with Gasteiger partial charge in [0.25, 0.3) is 7.82 Å². The number of nitrogens with one attached hydrogen (secondary N) is 1. The van der Waals surface area contributed by atoms with Gasteiger partial charge in [0.1, 0.15) is 19.3 Å². The second-order valence-corrected chi connectivity index (χ2v) is 26.1. The molecule has 3 unspecified atom stereocenters. The zero-order chi connectivity index (χ0) is 60.0. The number of phosphoric acid groups is 1. The van der Waals surface area contributed by atoms with Gasteiger partial charge in [0, 0.05) is 12.8 Å². The highest BCUT2D eigenvalue weighted by atomic mass is 31.2. The lowest BCUT2D eigenvalue weighted by atomic mass is 10.0. The average Bonchev–Trinajstić information content (AvgIpc) is 3.44. The number of carbonyl (C=O) groups is 2. The molecule has 478 valence electrons. The van der Waals surface area contributed by atoms with Crippen molar-refractivity contribution in [1.29, 1.82) is 0 Å². The minimum Gasteiger partial charge on any atom is -0.756 e. The van der Waals surface area contributed by atoms with Gasteiger partial charge in [-0.15, -0.1) is 0 Å². The van der Waals surface area contributed by atoms with Crippen molar-refractivity contribution in [2.75, 3.05) is 40.9 Å². The Kier molecular flexibility index (Phi) is 59.6. The van der Waals surface area contributed by atoms with Crippen LogP contribution in [0.4, 0.5) is 0 Å². The van der Waals surface area contributed by atoms with Gasteiger partial charge in [-0.1, -0.05) is 280 Å². The molecule has 10 heteroatoms. The Hall–Kier alpha value is -2.55. The predicted molar refractivity (Wildman–Crippen MR) is 353 cm³/mol. The zero-order valence-corrected chi connectivity index (χ0v) is 55.6. The number of unbranched alkanes of at least 4 members (excludes halogenated alkanes) is 37. The smallest absolute Gasteiger partial charge is 0.306 e. The summed E-state index contributed by atoms with van der Waals surface area (Å²) in [6.07, 6.45) is 80.2. The van der Waals surface area contributed by atoms with E-state index in [-0.39, 0.29) is 24.9 Å². The first-order chi connectivity index (χ1) is 39.9. The van der Waals surface area contributed by atoms with Gasteiger partial charge in [0.05, 0.1) is 33.8 Å². The Morgan fingerprint density at radius 1 is 0.427 bits per heavy atom. The topological polar surface area (TPSA) is 114 Å². The first-order valence-electron chi connectivity index (χ1n) is 34.7. The van der Waals surface area contributed by atoms with Crippen molar-refractivity contribution in [1.82, 2.24) is 5.32 Å². The fourth-order valence-corrected chi connectivity index (χ4v) is 10.7. The summed E-state index contributed by atoms with van der Waals surface area (Å²) in [7, 11) is 1.18. The number of allylic oxidation sites excluding steroid dienone is 11. The van der Waals surface area contributed by atoms with Crippen molar-refractivity contribution in [2.45, 2.75) is 335 Å². The quantitative estimate of drug-likeness (QED) is 0.0212. The third-order valence-electron chi connectivity index (χ3n) is 15.4. The summed E-state index contributed by atoms with van der Waals surface area (Å²) in [5.41, 5.74) is 0. The van der Waals surface area contributed by atoms with E-state index < -0.39 is 26.6 Å². The average molecular weight is 1170 g/mol. The van der Waals surface area contributed by atoms with Crippen molar-refractivity contribution < 1.29 is 37.3 Å². The van der Waals surface area contributed by atoms with Crippen LogP contribution in [0.25, 0.3) is 0 Å². The number of hydrogen-bond acceptors (Lipinski definition) is 7. The second kappa shape index (κ2) is 61.5. The molecule has 3 atom stereocenters. The molecule has 0 aromatic carbocycles. The highest BCUT2D eigenvalue weighted by Gasteiger charge is 2.27. The highest BCUT2D eigenvalue weighted by molar-refractivity contribution is 7.45. The van der Waals surface area contributed by atoms with Crippen LogP contribution in [-0.4, -0.2) is 69.4 Å². The van der Waals surface area contributed by atoms with Gasteiger partial charge < -0.3 is 28.5 Å². The highest BCUT2D eigenvalue weighted by Crippen LogP contribution is 2.38. The Balaban J connectivity index is 5.09. The van der Waals surface area contributed by atoms with E-state index in [2.05, 4.69) is 86.8 Å². The molecule has 0 rings (SSSR count). The SMILES string of the molecule is CCCCC/C=C\C/C=C\C/C=C\CCCCCCCCC(=O)OC(/C=C\CCCCCCCCCCCC)C(COP(=O)([O-])OCC[N+](C)(C)C)NC(=O)CCCCCCCCCCCCCCCCC/C=C\C/C=C\CCCCC. The normalized spacial score (nSPS) is 14.0. The fraction of sp³-hybridized carbons (Fsp3) is 0.806. The third-order valence-corrected chi connectivity index (χ3v) is 16.3. The number of rotatable bonds is 63. The molecule has 0 spiro atoms. The maximum absolute atomic E-state index is 13.6. The molecule has 0 radical (unpaired) electrons. The van der Waals surface area contributed by atoms with Crippen molar-refractivity contribution in [3.05, 3.63) is 72.9 Å². The summed E-state index contributed by atoms with van der Waals surface area (Å²) in [5.74, 6) is -0.547. The first-order valence-corrected chi connectivity index (χ1v) is 36.2. The van der Waals surface area contributed by atoms with Gasteiger partial charge in [0.15, 0.2) is 0 Å². The van der Waals surface area contributed by atoms with Crippen LogP contribution in [-0.2, 0) is 27.9 Å². The molecule has 0 aliphatic rings. The van der Waals surface area contributed by atoms with Gasteiger partial charge in [-0.3, -0.25) is 14.2 Å². The van der Waals surface area contributed by atoms with E-state index in [9.17, 15) is 19.0 Å². The lowest BCUT2D eigenvalue weighted by Crippen LogP contribution is -2.47. The molecule has 1 N–H and O–H groups in total. The van der Waals surface area contributed by atoms with E-state index in [0.717, 1.165) is 83.5 Å². The van der Waals surface area contributed by atoms with Gasteiger partial charge >= 0.3 is 5.97 Å². The predicted octanol–water partition coefficient (Wildman–Crippen LogP) is 21.3. The minimum absolute atomic E-state index is 0.0257. The van der Waals surface area contributed by atoms with Crippen LogP contribution in [0, 0.1) is 0 Å².